The van der Waals surface area contributed by atoms with Crippen molar-refractivity contribution in [1.29, 1.82) is 5.26 Å². The van der Waals surface area contributed by atoms with Crippen molar-refractivity contribution >= 4 is 29.2 Å². The van der Waals surface area contributed by atoms with Gasteiger partial charge in [-0.25, -0.2) is 0 Å². The molecule has 0 saturated carbocycles. The molecule has 0 spiro atoms. The number of aliphatic hydroxyl groups is 1. The van der Waals surface area contributed by atoms with Gasteiger partial charge in [0, 0.05) is 36.2 Å². The summed E-state index contributed by atoms with van der Waals surface area (Å²) < 4.78 is 41.5. The molecule has 0 radical (unpaired) electrons. The van der Waals surface area contributed by atoms with Crippen LogP contribution in [-0.2, 0) is 20.0 Å². The van der Waals surface area contributed by atoms with Crippen LogP contribution < -0.4 is 10.6 Å². The third-order valence-electron chi connectivity index (χ3n) is 6.00. The van der Waals surface area contributed by atoms with Gasteiger partial charge in [-0.1, -0.05) is 37.6 Å². The van der Waals surface area contributed by atoms with Crippen molar-refractivity contribution < 1.29 is 32.7 Å². The third kappa shape index (κ3) is 7.67. The molecule has 1 aromatic rings. The number of carbonyl (C=O) groups excluding carboxylic acids is 3. The van der Waals surface area contributed by atoms with Crippen LogP contribution >= 0.6 is 11.6 Å². The van der Waals surface area contributed by atoms with Crippen molar-refractivity contribution in [1.82, 2.24) is 10.6 Å². The summed E-state index contributed by atoms with van der Waals surface area (Å²) in [5.74, 6) is -3.31. The van der Waals surface area contributed by atoms with Crippen molar-refractivity contribution in [2.24, 2.45) is 17.8 Å². The van der Waals surface area contributed by atoms with Crippen LogP contribution in [0.2, 0.25) is 5.02 Å². The van der Waals surface area contributed by atoms with E-state index in [9.17, 15) is 37.9 Å². The fourth-order valence-corrected chi connectivity index (χ4v) is 4.29. The van der Waals surface area contributed by atoms with Gasteiger partial charge >= 0.3 is 6.18 Å². The molecular weight excluding hydrogens is 487 g/mol. The number of Topliss-reactive ketones (excluding diaryl/α,β-unsaturated/α-hetero) is 1. The number of alkyl halides is 3. The van der Waals surface area contributed by atoms with Gasteiger partial charge in [-0.2, -0.15) is 18.4 Å². The maximum Gasteiger partial charge on any atom is 0.421 e. The number of hydrogen-bond acceptors (Lipinski definition) is 5. The molecule has 1 saturated heterocycles. The second kappa shape index (κ2) is 11.9. The van der Waals surface area contributed by atoms with Crippen LogP contribution in [0.5, 0.6) is 0 Å². The van der Waals surface area contributed by atoms with Gasteiger partial charge in [0.1, 0.15) is 11.8 Å². The standard InChI is InChI=1S/C24H29ClF3N3O4/c1-14(2)9-16(22(34)31-19(13-29)10-15-7-8-30-21(15)33)11-20(32)12-23(35,24(26,27)28)17-3-5-18(25)6-4-17/h3-6,14-16,19,35H,7-12H2,1-2H3,(H,30,33)(H,31,34)/t15-,16+,19-,23+/m0/s1. The maximum atomic E-state index is 13.8. The van der Waals surface area contributed by atoms with Crippen molar-refractivity contribution in [2.75, 3.05) is 6.54 Å². The summed E-state index contributed by atoms with van der Waals surface area (Å²) in [6.07, 6.45) is -6.16. The zero-order valence-electron chi connectivity index (χ0n) is 19.5. The fourth-order valence-electron chi connectivity index (χ4n) is 4.16. The van der Waals surface area contributed by atoms with Gasteiger partial charge in [-0.15, -0.1) is 0 Å². The Hall–Kier alpha value is -2.64. The summed E-state index contributed by atoms with van der Waals surface area (Å²) in [5, 5.41) is 25.3. The highest BCUT2D eigenvalue weighted by atomic mass is 35.5. The topological polar surface area (TPSA) is 119 Å². The minimum atomic E-state index is -5.15. The molecule has 0 unspecified atom stereocenters. The number of nitrogens with zero attached hydrogens (tertiary/aromatic N) is 1. The Labute approximate surface area is 207 Å². The minimum absolute atomic E-state index is 0.0718. The highest BCUT2D eigenvalue weighted by Gasteiger charge is 2.56. The van der Waals surface area contributed by atoms with Gasteiger partial charge in [-0.3, -0.25) is 14.4 Å². The Bertz CT molecular complexity index is 962. The van der Waals surface area contributed by atoms with Gasteiger partial charge in [0.25, 0.3) is 0 Å². The molecule has 1 aliphatic heterocycles. The normalized spacial score (nSPS) is 19.4. The first-order valence-corrected chi connectivity index (χ1v) is 11.7. The van der Waals surface area contributed by atoms with Crippen molar-refractivity contribution in [3.05, 3.63) is 34.9 Å². The highest BCUT2D eigenvalue weighted by Crippen LogP contribution is 2.42. The predicted molar refractivity (Wildman–Crippen MR) is 122 cm³/mol. The Morgan fingerprint density at radius 1 is 1.29 bits per heavy atom. The number of nitrogens with one attached hydrogen (secondary N) is 2. The van der Waals surface area contributed by atoms with Gasteiger partial charge in [-0.05, 0) is 42.9 Å². The molecule has 2 amide bonds. The number of benzene rings is 1. The minimum Gasteiger partial charge on any atom is -0.376 e. The van der Waals surface area contributed by atoms with Crippen LogP contribution in [0.25, 0.3) is 0 Å². The first-order chi connectivity index (χ1) is 16.3. The quantitative estimate of drug-likeness (QED) is 0.416. The summed E-state index contributed by atoms with van der Waals surface area (Å²) in [5.41, 5.74) is -3.98. The van der Waals surface area contributed by atoms with Crippen LogP contribution in [-0.4, -0.2) is 41.5 Å². The van der Waals surface area contributed by atoms with E-state index in [4.69, 9.17) is 11.6 Å². The molecule has 0 bridgehead atoms. The van der Waals surface area contributed by atoms with Gasteiger partial charge in [0.05, 0.1) is 6.07 Å². The van der Waals surface area contributed by atoms with E-state index in [0.29, 0.717) is 13.0 Å². The smallest absolute Gasteiger partial charge is 0.376 e. The summed E-state index contributed by atoms with van der Waals surface area (Å²) in [4.78, 5) is 37.4. The molecule has 2 rings (SSSR count). The lowest BCUT2D eigenvalue weighted by atomic mass is 9.84. The van der Waals surface area contributed by atoms with Gasteiger partial charge in [0.2, 0.25) is 11.8 Å². The summed E-state index contributed by atoms with van der Waals surface area (Å²) in [6, 6.07) is 5.30. The summed E-state index contributed by atoms with van der Waals surface area (Å²) in [7, 11) is 0. The molecule has 35 heavy (non-hydrogen) atoms. The number of ketones is 1. The second-order valence-electron chi connectivity index (χ2n) is 9.31. The van der Waals surface area contributed by atoms with Crippen molar-refractivity contribution in [3.8, 4) is 6.07 Å². The summed E-state index contributed by atoms with van der Waals surface area (Å²) >= 11 is 5.73. The molecule has 4 atom stereocenters. The molecule has 0 aromatic heterocycles. The first kappa shape index (κ1) is 28.6. The molecule has 192 valence electrons. The van der Waals surface area contributed by atoms with E-state index in [1.54, 1.807) is 13.8 Å². The molecular formula is C24H29ClF3N3O4. The van der Waals surface area contributed by atoms with E-state index in [0.717, 1.165) is 12.1 Å². The Balaban J connectivity index is 2.15. The predicted octanol–water partition coefficient (Wildman–Crippen LogP) is 3.64. The number of amides is 2. The van der Waals surface area contributed by atoms with Gasteiger partial charge in [0.15, 0.2) is 5.60 Å². The molecule has 1 aliphatic rings. The van der Waals surface area contributed by atoms with Crippen LogP contribution in [0, 0.1) is 29.1 Å². The maximum absolute atomic E-state index is 13.8. The zero-order valence-corrected chi connectivity index (χ0v) is 20.2. The van der Waals surface area contributed by atoms with Crippen molar-refractivity contribution in [3.63, 3.8) is 0 Å². The van der Waals surface area contributed by atoms with Crippen molar-refractivity contribution in [2.45, 2.75) is 63.8 Å². The zero-order chi connectivity index (χ0) is 26.4. The molecule has 1 fully saturated rings. The number of carbonyl (C=O) groups is 3. The lowest BCUT2D eigenvalue weighted by molar-refractivity contribution is -0.267. The fraction of sp³-hybridized carbons (Fsp3) is 0.583. The number of halogens is 4. The first-order valence-electron chi connectivity index (χ1n) is 11.3. The molecule has 1 heterocycles. The van der Waals surface area contributed by atoms with Crippen LogP contribution in [0.4, 0.5) is 13.2 Å². The molecule has 0 aliphatic carbocycles. The van der Waals surface area contributed by atoms with E-state index in [1.165, 1.54) is 12.1 Å². The average molecular weight is 516 g/mol. The van der Waals surface area contributed by atoms with Crippen LogP contribution in [0.15, 0.2) is 24.3 Å². The Morgan fingerprint density at radius 2 is 1.91 bits per heavy atom. The highest BCUT2D eigenvalue weighted by molar-refractivity contribution is 6.30. The molecule has 7 nitrogen and oxygen atoms in total. The van der Waals surface area contributed by atoms with E-state index in [1.807, 2.05) is 6.07 Å². The van der Waals surface area contributed by atoms with Gasteiger partial charge < -0.3 is 15.7 Å². The van der Waals surface area contributed by atoms with E-state index in [-0.39, 0.29) is 29.7 Å². The lowest BCUT2D eigenvalue weighted by Gasteiger charge is -2.31. The third-order valence-corrected chi connectivity index (χ3v) is 6.25. The molecule has 3 N–H and O–H groups in total. The number of nitriles is 1. The van der Waals surface area contributed by atoms with E-state index < -0.39 is 59.8 Å². The largest absolute Gasteiger partial charge is 0.421 e. The Morgan fingerprint density at radius 3 is 2.40 bits per heavy atom. The van der Waals surface area contributed by atoms with Crippen LogP contribution in [0.1, 0.15) is 51.5 Å². The lowest BCUT2D eigenvalue weighted by Crippen LogP contribution is -2.45. The van der Waals surface area contributed by atoms with E-state index in [2.05, 4.69) is 10.6 Å². The number of hydrogen-bond donors (Lipinski definition) is 3. The SMILES string of the molecule is CC(C)C[C@H](CC(=O)C[C@@](O)(c1ccc(Cl)cc1)C(F)(F)F)C(=O)N[C@H](C#N)C[C@@H]1CCNC1=O. The average Bonchev–Trinajstić information content (AvgIpc) is 3.16. The number of rotatable bonds is 11. The summed E-state index contributed by atoms with van der Waals surface area (Å²) in [6.45, 7) is 4.06. The van der Waals surface area contributed by atoms with E-state index >= 15 is 0 Å². The second-order valence-corrected chi connectivity index (χ2v) is 9.75. The molecule has 1 aromatic carbocycles. The Kier molecular flexibility index (Phi) is 9.69. The van der Waals surface area contributed by atoms with Crippen LogP contribution in [0.3, 0.4) is 0 Å². The monoisotopic (exact) mass is 515 g/mol. The molecule has 11 heteroatoms.